The highest BCUT2D eigenvalue weighted by molar-refractivity contribution is 6.31. The van der Waals surface area contributed by atoms with Crippen LogP contribution in [0.3, 0.4) is 0 Å². The molecule has 0 atom stereocenters. The largest absolute Gasteiger partial charge is 0.485 e. The van der Waals surface area contributed by atoms with Gasteiger partial charge in [0.2, 0.25) is 0 Å². The van der Waals surface area contributed by atoms with Gasteiger partial charge in [-0.2, -0.15) is 0 Å². The number of halogens is 1. The van der Waals surface area contributed by atoms with Crippen molar-refractivity contribution >= 4 is 23.5 Å². The molecule has 0 aliphatic carbocycles. The first-order valence-corrected chi connectivity index (χ1v) is 8.56. The maximum Gasteiger partial charge on any atom is 0.325 e. The number of esters is 1. The number of rotatable bonds is 7. The summed E-state index contributed by atoms with van der Waals surface area (Å²) in [5.74, 6) is 0.549. The summed E-state index contributed by atoms with van der Waals surface area (Å²) in [7, 11) is 1.25. The third-order valence-electron chi connectivity index (χ3n) is 3.79. The van der Waals surface area contributed by atoms with Gasteiger partial charge in [-0.05, 0) is 48.2 Å². The van der Waals surface area contributed by atoms with Crippen LogP contribution in [-0.4, -0.2) is 25.5 Å². The van der Waals surface area contributed by atoms with Crippen LogP contribution in [0.15, 0.2) is 28.7 Å². The Morgan fingerprint density at radius 2 is 2.00 bits per heavy atom. The van der Waals surface area contributed by atoms with Gasteiger partial charge in [-0.1, -0.05) is 25.4 Å². The number of furan rings is 1. The van der Waals surface area contributed by atoms with Crippen LogP contribution in [0.1, 0.15) is 47.2 Å². The molecule has 2 rings (SSSR count). The number of carbonyl (C=O) groups excluding carboxylic acids is 2. The first-order valence-electron chi connectivity index (χ1n) is 8.18. The van der Waals surface area contributed by atoms with E-state index in [9.17, 15) is 9.59 Å². The maximum absolute atomic E-state index is 11.9. The maximum atomic E-state index is 11.9. The number of aryl methyl sites for hydroxylation is 1. The zero-order chi connectivity index (χ0) is 19.3. The number of hydrogen-bond donors (Lipinski definition) is 1. The molecule has 1 aromatic carbocycles. The molecule has 140 valence electrons. The van der Waals surface area contributed by atoms with Crippen molar-refractivity contribution in [1.29, 1.82) is 0 Å². The molecular weight excluding hydrogens is 358 g/mol. The average Bonchev–Trinajstić information content (AvgIpc) is 3.08. The molecule has 0 aliphatic heterocycles. The zero-order valence-corrected chi connectivity index (χ0v) is 16.0. The summed E-state index contributed by atoms with van der Waals surface area (Å²) >= 11 is 6.20. The van der Waals surface area contributed by atoms with Crippen LogP contribution in [-0.2, 0) is 16.1 Å². The van der Waals surface area contributed by atoms with Crippen LogP contribution >= 0.6 is 11.6 Å². The molecular formula is C19H22ClNO5. The highest BCUT2D eigenvalue weighted by Crippen LogP contribution is 2.32. The molecule has 1 heterocycles. The van der Waals surface area contributed by atoms with E-state index in [0.29, 0.717) is 10.8 Å². The van der Waals surface area contributed by atoms with E-state index in [2.05, 4.69) is 23.9 Å². The molecule has 0 aliphatic rings. The highest BCUT2D eigenvalue weighted by atomic mass is 35.5. The minimum absolute atomic E-state index is 0.101. The molecule has 0 saturated heterocycles. The number of benzene rings is 1. The van der Waals surface area contributed by atoms with E-state index in [-0.39, 0.29) is 24.8 Å². The van der Waals surface area contributed by atoms with Crippen molar-refractivity contribution in [2.75, 3.05) is 13.7 Å². The van der Waals surface area contributed by atoms with Crippen molar-refractivity contribution in [3.8, 4) is 5.75 Å². The van der Waals surface area contributed by atoms with E-state index in [0.717, 1.165) is 16.9 Å². The lowest BCUT2D eigenvalue weighted by Crippen LogP contribution is -2.29. The lowest BCUT2D eigenvalue weighted by Gasteiger charge is -2.15. The summed E-state index contributed by atoms with van der Waals surface area (Å²) in [6.45, 7) is 5.99. The summed E-state index contributed by atoms with van der Waals surface area (Å²) in [5, 5.41) is 3.11. The number of carbonyl (C=O) groups is 2. The third-order valence-corrected chi connectivity index (χ3v) is 4.20. The Kier molecular flexibility index (Phi) is 6.69. The number of hydrogen-bond acceptors (Lipinski definition) is 5. The first kappa shape index (κ1) is 19.8. The van der Waals surface area contributed by atoms with Gasteiger partial charge >= 0.3 is 5.97 Å². The van der Waals surface area contributed by atoms with E-state index >= 15 is 0 Å². The average molecular weight is 380 g/mol. The molecule has 2 aromatic rings. The Hall–Kier alpha value is -2.47. The molecule has 26 heavy (non-hydrogen) atoms. The van der Waals surface area contributed by atoms with Gasteiger partial charge in [0.05, 0.1) is 7.11 Å². The monoisotopic (exact) mass is 379 g/mol. The van der Waals surface area contributed by atoms with Gasteiger partial charge in [0, 0.05) is 5.02 Å². The molecule has 0 radical (unpaired) electrons. The normalized spacial score (nSPS) is 10.7. The lowest BCUT2D eigenvalue weighted by atomic mass is 10.0. The fourth-order valence-corrected chi connectivity index (χ4v) is 2.46. The summed E-state index contributed by atoms with van der Waals surface area (Å²) in [6.07, 6.45) is 0. The molecule has 0 fully saturated rings. The van der Waals surface area contributed by atoms with E-state index in [1.54, 1.807) is 6.07 Å². The predicted molar refractivity (Wildman–Crippen MR) is 97.7 cm³/mol. The van der Waals surface area contributed by atoms with Crippen molar-refractivity contribution in [3.05, 3.63) is 51.9 Å². The predicted octanol–water partition coefficient (Wildman–Crippen LogP) is 3.85. The van der Waals surface area contributed by atoms with Crippen molar-refractivity contribution in [2.45, 2.75) is 33.3 Å². The SMILES string of the molecule is COC(=O)CNC(=O)c1ccc(COc2cc(C)c(Cl)cc2C(C)C)o1. The minimum Gasteiger partial charge on any atom is -0.485 e. The smallest absolute Gasteiger partial charge is 0.325 e. The lowest BCUT2D eigenvalue weighted by molar-refractivity contribution is -0.139. The molecule has 0 unspecified atom stereocenters. The van der Waals surface area contributed by atoms with Crippen molar-refractivity contribution < 1.29 is 23.5 Å². The number of methoxy groups -OCH3 is 1. The van der Waals surface area contributed by atoms with E-state index in [4.69, 9.17) is 20.8 Å². The van der Waals surface area contributed by atoms with E-state index in [1.165, 1.54) is 13.2 Å². The Morgan fingerprint density at radius 1 is 1.27 bits per heavy atom. The van der Waals surface area contributed by atoms with Crippen LogP contribution in [0, 0.1) is 6.92 Å². The van der Waals surface area contributed by atoms with Crippen LogP contribution in [0.4, 0.5) is 0 Å². The van der Waals surface area contributed by atoms with Crippen LogP contribution in [0.25, 0.3) is 0 Å². The number of amides is 1. The van der Waals surface area contributed by atoms with Crippen molar-refractivity contribution in [2.24, 2.45) is 0 Å². The van der Waals surface area contributed by atoms with Crippen LogP contribution in [0.5, 0.6) is 5.75 Å². The second-order valence-corrected chi connectivity index (χ2v) is 6.51. The first-order chi connectivity index (χ1) is 12.3. The summed E-state index contributed by atoms with van der Waals surface area (Å²) in [4.78, 5) is 23.0. The fraction of sp³-hybridized carbons (Fsp3) is 0.368. The summed E-state index contributed by atoms with van der Waals surface area (Å²) in [5.41, 5.74) is 1.93. The van der Waals surface area contributed by atoms with Gasteiger partial charge in [-0.25, -0.2) is 0 Å². The third kappa shape index (κ3) is 5.02. The van der Waals surface area contributed by atoms with Gasteiger partial charge in [-0.3, -0.25) is 9.59 Å². The van der Waals surface area contributed by atoms with Gasteiger partial charge < -0.3 is 19.2 Å². The Balaban J connectivity index is 2.03. The standard InChI is InChI=1S/C19H22ClNO5/c1-11(2)14-8-15(20)12(3)7-17(14)25-10-13-5-6-16(26-13)19(23)21-9-18(22)24-4/h5-8,11H,9-10H2,1-4H3,(H,21,23). The highest BCUT2D eigenvalue weighted by Gasteiger charge is 2.15. The summed E-state index contributed by atoms with van der Waals surface area (Å²) in [6, 6.07) is 6.99. The quantitative estimate of drug-likeness (QED) is 0.739. The fourth-order valence-electron chi connectivity index (χ4n) is 2.28. The van der Waals surface area contributed by atoms with Crippen LogP contribution in [0.2, 0.25) is 5.02 Å². The minimum atomic E-state index is -0.534. The Morgan fingerprint density at radius 3 is 2.65 bits per heavy atom. The van der Waals surface area contributed by atoms with E-state index in [1.807, 2.05) is 19.1 Å². The second-order valence-electron chi connectivity index (χ2n) is 6.11. The van der Waals surface area contributed by atoms with Crippen molar-refractivity contribution in [3.63, 3.8) is 0 Å². The van der Waals surface area contributed by atoms with Crippen LogP contribution < -0.4 is 10.1 Å². The number of nitrogens with one attached hydrogen (secondary N) is 1. The molecule has 0 spiro atoms. The van der Waals surface area contributed by atoms with Gasteiger partial charge in [0.1, 0.15) is 24.7 Å². The molecule has 6 nitrogen and oxygen atoms in total. The Bertz CT molecular complexity index is 797. The summed E-state index contributed by atoms with van der Waals surface area (Å²) < 4.78 is 15.8. The van der Waals surface area contributed by atoms with Gasteiger partial charge in [0.25, 0.3) is 5.91 Å². The molecule has 0 saturated carbocycles. The van der Waals surface area contributed by atoms with E-state index < -0.39 is 11.9 Å². The molecule has 1 aromatic heterocycles. The van der Waals surface area contributed by atoms with Crippen molar-refractivity contribution in [1.82, 2.24) is 5.32 Å². The number of ether oxygens (including phenoxy) is 2. The Labute approximate surface area is 157 Å². The molecule has 1 amide bonds. The molecule has 0 bridgehead atoms. The van der Waals surface area contributed by atoms with Gasteiger partial charge in [-0.15, -0.1) is 0 Å². The second kappa shape index (κ2) is 8.76. The van der Waals surface area contributed by atoms with Gasteiger partial charge in [0.15, 0.2) is 5.76 Å². The zero-order valence-electron chi connectivity index (χ0n) is 15.2. The molecule has 1 N–H and O–H groups in total. The molecule has 7 heteroatoms. The topological polar surface area (TPSA) is 77.8 Å².